The third-order valence-corrected chi connectivity index (χ3v) is 5.13. The molecule has 4 rings (SSSR count). The smallest absolute Gasteiger partial charge is 0.275 e. The highest BCUT2D eigenvalue weighted by atomic mass is 16.6. The number of aromatic hydroxyl groups is 1. The summed E-state index contributed by atoms with van der Waals surface area (Å²) < 4.78 is 0. The number of hydrogen-bond donors (Lipinski definition) is 2. The zero-order chi connectivity index (χ0) is 18.4. The molecular formula is C18H15N3O5. The predicted octanol–water partition coefficient (Wildman–Crippen LogP) is 4.04. The van der Waals surface area contributed by atoms with Gasteiger partial charge in [-0.25, -0.2) is 0 Å². The number of nitro benzene ring substituents is 2. The molecule has 8 nitrogen and oxygen atoms in total. The van der Waals surface area contributed by atoms with Crippen molar-refractivity contribution >= 4 is 17.1 Å². The number of allylic oxidation sites excluding steroid dienone is 2. The van der Waals surface area contributed by atoms with E-state index in [-0.39, 0.29) is 35.0 Å². The summed E-state index contributed by atoms with van der Waals surface area (Å²) >= 11 is 0. The monoisotopic (exact) mass is 353 g/mol. The first kappa shape index (κ1) is 16.1. The zero-order valence-electron chi connectivity index (χ0n) is 13.5. The summed E-state index contributed by atoms with van der Waals surface area (Å²) in [7, 11) is 0. The Hall–Kier alpha value is -3.42. The maximum atomic E-state index is 11.4. The number of hydrogen-bond acceptors (Lipinski definition) is 6. The average molecular weight is 353 g/mol. The molecule has 0 spiro atoms. The maximum absolute atomic E-state index is 11.4. The van der Waals surface area contributed by atoms with Crippen LogP contribution in [0.2, 0.25) is 0 Å². The highest BCUT2D eigenvalue weighted by molar-refractivity contribution is 5.73. The van der Waals surface area contributed by atoms with Crippen molar-refractivity contribution in [2.24, 2.45) is 5.92 Å². The molecule has 132 valence electrons. The quantitative estimate of drug-likeness (QED) is 0.372. The second-order valence-corrected chi connectivity index (χ2v) is 6.47. The molecule has 0 radical (unpaired) electrons. The molecule has 2 aromatic rings. The number of phenols is 1. The van der Waals surface area contributed by atoms with Crippen molar-refractivity contribution in [3.63, 3.8) is 0 Å². The third-order valence-electron chi connectivity index (χ3n) is 5.13. The van der Waals surface area contributed by atoms with Gasteiger partial charge in [-0.3, -0.25) is 20.2 Å². The van der Waals surface area contributed by atoms with E-state index in [1.54, 1.807) is 12.1 Å². The fourth-order valence-electron chi connectivity index (χ4n) is 3.97. The molecule has 3 atom stereocenters. The Morgan fingerprint density at radius 1 is 1.04 bits per heavy atom. The van der Waals surface area contributed by atoms with E-state index in [9.17, 15) is 25.3 Å². The van der Waals surface area contributed by atoms with Crippen molar-refractivity contribution in [1.82, 2.24) is 0 Å². The SMILES string of the molecule is O=[N+]([O-])c1ccc(C2Nc3c(O)ccc([N+](=O)[O-])c3C3C=CCC32)cc1. The zero-order valence-corrected chi connectivity index (χ0v) is 13.5. The van der Waals surface area contributed by atoms with Crippen LogP contribution in [-0.4, -0.2) is 15.0 Å². The van der Waals surface area contributed by atoms with Gasteiger partial charge in [0.1, 0.15) is 5.75 Å². The molecule has 2 N–H and O–H groups in total. The van der Waals surface area contributed by atoms with Crippen LogP contribution in [0.15, 0.2) is 48.6 Å². The molecule has 1 aliphatic carbocycles. The van der Waals surface area contributed by atoms with E-state index < -0.39 is 9.85 Å². The Kier molecular flexibility index (Phi) is 3.61. The van der Waals surface area contributed by atoms with Crippen LogP contribution in [0.1, 0.15) is 29.5 Å². The van der Waals surface area contributed by atoms with Gasteiger partial charge in [-0.2, -0.15) is 0 Å². The number of phenolic OH excluding ortho intramolecular Hbond substituents is 1. The van der Waals surface area contributed by atoms with Crippen LogP contribution in [-0.2, 0) is 0 Å². The Bertz CT molecular complexity index is 939. The second-order valence-electron chi connectivity index (χ2n) is 6.47. The number of rotatable bonds is 3. The molecule has 26 heavy (non-hydrogen) atoms. The normalized spacial score (nSPS) is 23.0. The number of benzene rings is 2. The first-order valence-corrected chi connectivity index (χ1v) is 8.15. The molecule has 2 aliphatic rings. The molecule has 0 aromatic heterocycles. The number of nitro groups is 2. The minimum Gasteiger partial charge on any atom is -0.506 e. The molecule has 0 fully saturated rings. The van der Waals surface area contributed by atoms with E-state index in [0.717, 1.165) is 12.0 Å². The summed E-state index contributed by atoms with van der Waals surface area (Å²) in [4.78, 5) is 21.4. The van der Waals surface area contributed by atoms with Crippen molar-refractivity contribution in [1.29, 1.82) is 0 Å². The molecule has 8 heteroatoms. The number of fused-ring (bicyclic) bond motifs is 3. The number of anilines is 1. The molecule has 0 saturated carbocycles. The topological polar surface area (TPSA) is 119 Å². The fourth-order valence-corrected chi connectivity index (χ4v) is 3.97. The third kappa shape index (κ3) is 2.38. The van der Waals surface area contributed by atoms with E-state index in [1.807, 2.05) is 12.2 Å². The van der Waals surface area contributed by atoms with Crippen molar-refractivity contribution in [3.05, 3.63) is 79.9 Å². The highest BCUT2D eigenvalue weighted by Gasteiger charge is 2.42. The van der Waals surface area contributed by atoms with Crippen molar-refractivity contribution in [2.75, 3.05) is 5.32 Å². The number of nitrogens with zero attached hydrogens (tertiary/aromatic N) is 2. The molecule has 1 heterocycles. The van der Waals surface area contributed by atoms with E-state index in [2.05, 4.69) is 5.32 Å². The predicted molar refractivity (Wildman–Crippen MR) is 94.2 cm³/mol. The van der Waals surface area contributed by atoms with Crippen molar-refractivity contribution in [2.45, 2.75) is 18.4 Å². The summed E-state index contributed by atoms with van der Waals surface area (Å²) in [5.41, 5.74) is 1.67. The van der Waals surface area contributed by atoms with Crippen molar-refractivity contribution < 1.29 is 15.0 Å². The Labute approximate surface area is 148 Å². The fraction of sp³-hybridized carbons (Fsp3) is 0.222. The molecule has 0 saturated heterocycles. The van der Waals surface area contributed by atoms with E-state index in [0.29, 0.717) is 11.3 Å². The summed E-state index contributed by atoms with van der Waals surface area (Å²) in [6.07, 6.45) is 4.65. The lowest BCUT2D eigenvalue weighted by Crippen LogP contribution is -2.29. The van der Waals surface area contributed by atoms with Gasteiger partial charge in [-0.05, 0) is 24.0 Å². The van der Waals surface area contributed by atoms with Gasteiger partial charge in [0.2, 0.25) is 0 Å². The van der Waals surface area contributed by atoms with Gasteiger partial charge < -0.3 is 10.4 Å². The van der Waals surface area contributed by atoms with Crippen LogP contribution in [0, 0.1) is 26.1 Å². The minimum absolute atomic E-state index is 0.00421. The first-order valence-electron chi connectivity index (χ1n) is 8.15. The van der Waals surface area contributed by atoms with Gasteiger partial charge in [0.25, 0.3) is 11.4 Å². The highest BCUT2D eigenvalue weighted by Crippen LogP contribution is 2.54. The standard InChI is InChI=1S/C18H15N3O5/c22-15-9-8-14(21(25)26)16-12-2-1-3-13(12)17(19-18(15)16)10-4-6-11(7-5-10)20(23)24/h1-2,4-9,12-13,17,19,22H,3H2. The molecule has 3 unspecified atom stereocenters. The summed E-state index contributed by atoms with van der Waals surface area (Å²) in [5.74, 6) is -0.209. The Morgan fingerprint density at radius 2 is 1.77 bits per heavy atom. The van der Waals surface area contributed by atoms with Crippen LogP contribution in [0.5, 0.6) is 5.75 Å². The van der Waals surface area contributed by atoms with Crippen LogP contribution in [0.4, 0.5) is 17.1 Å². The molecule has 0 amide bonds. The summed E-state index contributed by atoms with van der Waals surface area (Å²) in [6.45, 7) is 0. The maximum Gasteiger partial charge on any atom is 0.275 e. The second kappa shape index (κ2) is 5.83. The minimum atomic E-state index is -0.456. The molecular weight excluding hydrogens is 338 g/mol. The largest absolute Gasteiger partial charge is 0.506 e. The Balaban J connectivity index is 1.81. The van der Waals surface area contributed by atoms with Crippen LogP contribution < -0.4 is 5.32 Å². The van der Waals surface area contributed by atoms with Crippen LogP contribution in [0.3, 0.4) is 0 Å². The number of non-ortho nitro benzene ring substituents is 1. The van der Waals surface area contributed by atoms with Gasteiger partial charge in [0.15, 0.2) is 0 Å². The van der Waals surface area contributed by atoms with Crippen LogP contribution in [0.25, 0.3) is 0 Å². The first-order chi connectivity index (χ1) is 12.5. The summed E-state index contributed by atoms with van der Waals surface area (Å²) in [6, 6.07) is 8.68. The van der Waals surface area contributed by atoms with Crippen molar-refractivity contribution in [3.8, 4) is 5.75 Å². The summed E-state index contributed by atoms with van der Waals surface area (Å²) in [5, 5.41) is 35.8. The lowest BCUT2D eigenvalue weighted by atomic mass is 9.76. The number of nitrogens with one attached hydrogen (secondary N) is 1. The van der Waals surface area contributed by atoms with E-state index >= 15 is 0 Å². The van der Waals surface area contributed by atoms with E-state index in [1.165, 1.54) is 24.3 Å². The average Bonchev–Trinajstić information content (AvgIpc) is 3.11. The molecule has 2 aromatic carbocycles. The van der Waals surface area contributed by atoms with Gasteiger partial charge in [0, 0.05) is 24.1 Å². The van der Waals surface area contributed by atoms with Gasteiger partial charge in [-0.1, -0.05) is 24.3 Å². The van der Waals surface area contributed by atoms with Gasteiger partial charge >= 0.3 is 0 Å². The van der Waals surface area contributed by atoms with E-state index in [4.69, 9.17) is 0 Å². The van der Waals surface area contributed by atoms with Gasteiger partial charge in [-0.15, -0.1) is 0 Å². The van der Waals surface area contributed by atoms with Gasteiger partial charge in [0.05, 0.1) is 27.1 Å². The Morgan fingerprint density at radius 3 is 2.42 bits per heavy atom. The lowest BCUT2D eigenvalue weighted by Gasteiger charge is -2.37. The lowest BCUT2D eigenvalue weighted by molar-refractivity contribution is -0.385. The van der Waals surface area contributed by atoms with Crippen LogP contribution >= 0.6 is 0 Å². The molecule has 1 aliphatic heterocycles. The molecule has 0 bridgehead atoms.